The van der Waals surface area contributed by atoms with Gasteiger partial charge < -0.3 is 0 Å². The zero-order valence-corrected chi connectivity index (χ0v) is 7.25. The van der Waals surface area contributed by atoms with Crippen LogP contribution in [-0.2, 0) is 6.42 Å². The van der Waals surface area contributed by atoms with Crippen LogP contribution >= 0.6 is 0 Å². The van der Waals surface area contributed by atoms with Gasteiger partial charge in [0.1, 0.15) is 0 Å². The van der Waals surface area contributed by atoms with Gasteiger partial charge >= 0.3 is 0 Å². The van der Waals surface area contributed by atoms with E-state index in [4.69, 9.17) is 0 Å². The number of benzene rings is 2. The summed E-state index contributed by atoms with van der Waals surface area (Å²) in [7, 11) is 0. The summed E-state index contributed by atoms with van der Waals surface area (Å²) in [6, 6.07) is 13.8. The van der Waals surface area contributed by atoms with Gasteiger partial charge in [0, 0.05) is 0 Å². The lowest BCUT2D eigenvalue weighted by atomic mass is 9.93. The van der Waals surface area contributed by atoms with E-state index in [9.17, 15) is 0 Å². The summed E-state index contributed by atoms with van der Waals surface area (Å²) in [6.45, 7) is 0. The predicted molar refractivity (Wildman–Crippen MR) is 55.5 cm³/mol. The lowest BCUT2D eigenvalue weighted by molar-refractivity contribution is 1.29. The Hall–Kier alpha value is -1.56. The summed E-state index contributed by atoms with van der Waals surface area (Å²) in [5, 5.41) is 2.62. The molecular weight excluding hydrogens is 156 g/mol. The third-order valence-corrected chi connectivity index (χ3v) is 2.58. The summed E-state index contributed by atoms with van der Waals surface area (Å²) in [5.41, 5.74) is 2.75. The van der Waals surface area contributed by atoms with Crippen LogP contribution in [-0.4, -0.2) is 0 Å². The number of hydrogen-bond acceptors (Lipinski definition) is 0. The second-order valence-electron chi connectivity index (χ2n) is 3.38. The Balaban J connectivity index is 2.56. The molecule has 0 heterocycles. The van der Waals surface area contributed by atoms with Gasteiger partial charge in [0.05, 0.1) is 0 Å². The fraction of sp³-hybridized carbons (Fsp3) is 0.0769. The smallest absolute Gasteiger partial charge is 0.00700 e. The van der Waals surface area contributed by atoms with Crippen molar-refractivity contribution in [2.75, 3.05) is 0 Å². The van der Waals surface area contributed by atoms with E-state index in [-0.39, 0.29) is 0 Å². The SMILES string of the molecule is [c]1ccc2c3c(cccc13)CC=C2. The molecule has 0 atom stereocenters. The first-order chi connectivity index (χ1) is 6.45. The number of rotatable bonds is 0. The van der Waals surface area contributed by atoms with Gasteiger partial charge in [-0.05, 0) is 34.4 Å². The van der Waals surface area contributed by atoms with Crippen LogP contribution in [0, 0.1) is 6.07 Å². The maximum absolute atomic E-state index is 3.27. The van der Waals surface area contributed by atoms with Crippen LogP contribution < -0.4 is 0 Å². The van der Waals surface area contributed by atoms with Crippen LogP contribution in [0.5, 0.6) is 0 Å². The maximum atomic E-state index is 3.27. The molecule has 61 valence electrons. The van der Waals surface area contributed by atoms with Crippen LogP contribution in [0.2, 0.25) is 0 Å². The summed E-state index contributed by atoms with van der Waals surface area (Å²) in [6.07, 6.45) is 5.47. The monoisotopic (exact) mass is 165 g/mol. The molecule has 13 heavy (non-hydrogen) atoms. The Morgan fingerprint density at radius 3 is 3.15 bits per heavy atom. The summed E-state index contributed by atoms with van der Waals surface area (Å²) in [5.74, 6) is 0. The zero-order valence-electron chi connectivity index (χ0n) is 7.25. The van der Waals surface area contributed by atoms with E-state index >= 15 is 0 Å². The molecule has 1 aliphatic rings. The third-order valence-electron chi connectivity index (χ3n) is 2.58. The molecule has 0 aliphatic heterocycles. The van der Waals surface area contributed by atoms with Crippen molar-refractivity contribution in [2.45, 2.75) is 6.42 Å². The number of allylic oxidation sites excluding steroid dienone is 1. The van der Waals surface area contributed by atoms with Crippen LogP contribution in [0.3, 0.4) is 0 Å². The molecule has 0 nitrogen and oxygen atoms in total. The van der Waals surface area contributed by atoms with Crippen molar-refractivity contribution >= 4 is 16.8 Å². The normalized spacial score (nSPS) is 13.5. The van der Waals surface area contributed by atoms with Crippen molar-refractivity contribution in [3.63, 3.8) is 0 Å². The fourth-order valence-electron chi connectivity index (χ4n) is 1.99. The first kappa shape index (κ1) is 6.90. The minimum Gasteiger partial charge on any atom is -0.0795 e. The van der Waals surface area contributed by atoms with Crippen LogP contribution in [0.1, 0.15) is 11.1 Å². The molecule has 0 aromatic heterocycles. The van der Waals surface area contributed by atoms with Crippen molar-refractivity contribution in [3.8, 4) is 0 Å². The van der Waals surface area contributed by atoms with Crippen LogP contribution in [0.25, 0.3) is 16.8 Å². The molecule has 0 N–H and O–H groups in total. The van der Waals surface area contributed by atoms with Gasteiger partial charge in [-0.3, -0.25) is 0 Å². The highest BCUT2D eigenvalue weighted by Crippen LogP contribution is 2.27. The Bertz CT molecular complexity index is 487. The molecule has 0 bridgehead atoms. The van der Waals surface area contributed by atoms with Gasteiger partial charge in [0.2, 0.25) is 0 Å². The highest BCUT2D eigenvalue weighted by molar-refractivity contribution is 5.94. The molecule has 0 spiro atoms. The standard InChI is InChI=1S/C13H9/c1-4-10-6-2-8-12-9-3-7-11(5-1)13(10)12/h1-5,8-9H,6H2. The molecule has 2 aromatic rings. The minimum absolute atomic E-state index is 1.06. The van der Waals surface area contributed by atoms with Crippen LogP contribution in [0.4, 0.5) is 0 Å². The van der Waals surface area contributed by atoms with E-state index in [0.29, 0.717) is 0 Å². The molecule has 3 rings (SSSR count). The van der Waals surface area contributed by atoms with Crippen LogP contribution in [0.15, 0.2) is 36.4 Å². The molecule has 1 radical (unpaired) electrons. The molecule has 0 saturated heterocycles. The second kappa shape index (κ2) is 2.46. The van der Waals surface area contributed by atoms with Crippen molar-refractivity contribution in [1.82, 2.24) is 0 Å². The van der Waals surface area contributed by atoms with Gasteiger partial charge in [0.25, 0.3) is 0 Å². The largest absolute Gasteiger partial charge is 0.0795 e. The van der Waals surface area contributed by atoms with E-state index in [1.165, 1.54) is 21.9 Å². The van der Waals surface area contributed by atoms with E-state index < -0.39 is 0 Å². The summed E-state index contributed by atoms with van der Waals surface area (Å²) in [4.78, 5) is 0. The van der Waals surface area contributed by atoms with E-state index in [1.807, 2.05) is 6.07 Å². The van der Waals surface area contributed by atoms with E-state index in [2.05, 4.69) is 42.5 Å². The molecule has 0 fully saturated rings. The molecule has 0 heteroatoms. The molecule has 0 saturated carbocycles. The first-order valence-corrected chi connectivity index (χ1v) is 4.54. The van der Waals surface area contributed by atoms with Gasteiger partial charge in [-0.15, -0.1) is 0 Å². The Kier molecular flexibility index (Phi) is 1.31. The molecule has 1 aliphatic carbocycles. The lowest BCUT2D eigenvalue weighted by Gasteiger charge is -2.11. The van der Waals surface area contributed by atoms with E-state index in [0.717, 1.165) is 6.42 Å². The highest BCUT2D eigenvalue weighted by atomic mass is 14.1. The average Bonchev–Trinajstić information content (AvgIpc) is 2.19. The van der Waals surface area contributed by atoms with Crippen molar-refractivity contribution < 1.29 is 0 Å². The third kappa shape index (κ3) is 0.919. The molecule has 0 unspecified atom stereocenters. The maximum Gasteiger partial charge on any atom is -0.00700 e. The quantitative estimate of drug-likeness (QED) is 0.562. The zero-order chi connectivity index (χ0) is 8.67. The van der Waals surface area contributed by atoms with Crippen molar-refractivity contribution in [2.24, 2.45) is 0 Å². The Morgan fingerprint density at radius 1 is 1.15 bits per heavy atom. The number of hydrogen-bond donors (Lipinski definition) is 0. The predicted octanol–water partition coefficient (Wildman–Crippen LogP) is 3.21. The molecule has 2 aromatic carbocycles. The molecular formula is C13H9. The fourth-order valence-corrected chi connectivity index (χ4v) is 1.99. The van der Waals surface area contributed by atoms with Gasteiger partial charge in [-0.2, -0.15) is 0 Å². The Morgan fingerprint density at radius 2 is 2.15 bits per heavy atom. The summed E-state index contributed by atoms with van der Waals surface area (Å²) < 4.78 is 0. The second-order valence-corrected chi connectivity index (χ2v) is 3.38. The topological polar surface area (TPSA) is 0 Å². The molecule has 0 amide bonds. The average molecular weight is 165 g/mol. The van der Waals surface area contributed by atoms with Gasteiger partial charge in [-0.1, -0.05) is 42.5 Å². The Labute approximate surface area is 77.5 Å². The first-order valence-electron chi connectivity index (χ1n) is 4.54. The minimum atomic E-state index is 1.06. The van der Waals surface area contributed by atoms with Gasteiger partial charge in [0.15, 0.2) is 0 Å². The van der Waals surface area contributed by atoms with Crippen molar-refractivity contribution in [1.29, 1.82) is 0 Å². The van der Waals surface area contributed by atoms with E-state index in [1.54, 1.807) is 0 Å². The lowest BCUT2D eigenvalue weighted by Crippen LogP contribution is -1.91. The summed E-state index contributed by atoms with van der Waals surface area (Å²) >= 11 is 0. The highest BCUT2D eigenvalue weighted by Gasteiger charge is 2.06. The van der Waals surface area contributed by atoms with Crippen molar-refractivity contribution in [3.05, 3.63) is 53.6 Å². The van der Waals surface area contributed by atoms with Gasteiger partial charge in [-0.25, -0.2) is 0 Å².